The van der Waals surface area contributed by atoms with Gasteiger partial charge >= 0.3 is 0 Å². The summed E-state index contributed by atoms with van der Waals surface area (Å²) in [4.78, 5) is 12.3. The molecule has 0 spiro atoms. The molecule has 0 aliphatic carbocycles. The lowest BCUT2D eigenvalue weighted by atomic mass is 10.1. The van der Waals surface area contributed by atoms with Gasteiger partial charge in [-0.05, 0) is 31.5 Å². The molecular weight excluding hydrogens is 334 g/mol. The molecule has 9 heteroatoms. The van der Waals surface area contributed by atoms with Crippen LogP contribution in [0.25, 0.3) is 0 Å². The highest BCUT2D eigenvalue weighted by Gasteiger charge is 2.11. The van der Waals surface area contributed by atoms with Crippen LogP contribution < -0.4 is 16.2 Å². The fourth-order valence-corrected chi connectivity index (χ4v) is 3.38. The SMILES string of the molecule is Cl.NCCCCCCC(=O)NCc1ccc(S(N)(=O)=O)s1. The Balaban J connectivity index is 0.00000400. The van der Waals surface area contributed by atoms with Crippen molar-refractivity contribution in [1.82, 2.24) is 5.32 Å². The number of thiophene rings is 1. The van der Waals surface area contributed by atoms with Crippen LogP contribution in [-0.4, -0.2) is 20.9 Å². The van der Waals surface area contributed by atoms with E-state index in [9.17, 15) is 13.2 Å². The van der Waals surface area contributed by atoms with Gasteiger partial charge in [0.15, 0.2) is 0 Å². The minimum atomic E-state index is -3.65. The third kappa shape index (κ3) is 8.37. The number of rotatable bonds is 9. The Morgan fingerprint density at radius 3 is 2.43 bits per heavy atom. The molecule has 0 aliphatic heterocycles. The molecule has 1 heterocycles. The fraction of sp³-hybridized carbons (Fsp3) is 0.583. The maximum atomic E-state index is 11.6. The van der Waals surface area contributed by atoms with E-state index >= 15 is 0 Å². The van der Waals surface area contributed by atoms with Gasteiger partial charge < -0.3 is 11.1 Å². The van der Waals surface area contributed by atoms with E-state index in [1.807, 2.05) is 0 Å². The molecule has 1 aromatic rings. The minimum absolute atomic E-state index is 0. The number of amides is 1. The quantitative estimate of drug-likeness (QED) is 0.579. The standard InChI is InChI=1S/C12H21N3O3S2.ClH/c13-8-4-2-1-3-5-11(16)15-9-10-6-7-12(19-10)20(14,17)18;/h6-7H,1-5,8-9,13H2,(H,15,16)(H2,14,17,18);1H. The number of primary sulfonamides is 1. The lowest BCUT2D eigenvalue weighted by Crippen LogP contribution is -2.21. The average Bonchev–Trinajstić information content (AvgIpc) is 2.85. The molecule has 1 aromatic heterocycles. The van der Waals surface area contributed by atoms with Crippen molar-refractivity contribution in [2.24, 2.45) is 10.9 Å². The smallest absolute Gasteiger partial charge is 0.247 e. The Morgan fingerprint density at radius 2 is 1.86 bits per heavy atom. The van der Waals surface area contributed by atoms with E-state index in [-0.39, 0.29) is 22.5 Å². The highest BCUT2D eigenvalue weighted by Crippen LogP contribution is 2.19. The van der Waals surface area contributed by atoms with Crippen LogP contribution in [0.1, 0.15) is 37.0 Å². The first kappa shape index (κ1) is 20.3. The molecule has 0 radical (unpaired) electrons. The summed E-state index contributed by atoms with van der Waals surface area (Å²) in [5, 5.41) is 7.78. The van der Waals surface area contributed by atoms with Gasteiger partial charge in [0.05, 0.1) is 6.54 Å². The van der Waals surface area contributed by atoms with Crippen molar-refractivity contribution in [3.8, 4) is 0 Å². The van der Waals surface area contributed by atoms with E-state index in [0.717, 1.165) is 41.9 Å². The predicted octanol–water partition coefficient (Wildman–Crippen LogP) is 1.34. The zero-order valence-electron chi connectivity index (χ0n) is 11.7. The molecule has 6 nitrogen and oxygen atoms in total. The highest BCUT2D eigenvalue weighted by molar-refractivity contribution is 7.91. The summed E-state index contributed by atoms with van der Waals surface area (Å²) >= 11 is 1.08. The molecule has 1 amide bonds. The predicted molar refractivity (Wildman–Crippen MR) is 86.9 cm³/mol. The van der Waals surface area contributed by atoms with Crippen molar-refractivity contribution in [2.75, 3.05) is 6.54 Å². The van der Waals surface area contributed by atoms with E-state index in [2.05, 4.69) is 5.32 Å². The largest absolute Gasteiger partial charge is 0.351 e. The van der Waals surface area contributed by atoms with Crippen molar-refractivity contribution in [3.05, 3.63) is 17.0 Å². The summed E-state index contributed by atoms with van der Waals surface area (Å²) in [6, 6.07) is 3.11. The summed E-state index contributed by atoms with van der Waals surface area (Å²) in [7, 11) is -3.65. The maximum absolute atomic E-state index is 11.6. The Bertz CT molecular complexity index is 532. The van der Waals surface area contributed by atoms with Crippen molar-refractivity contribution in [2.45, 2.75) is 42.9 Å². The van der Waals surface area contributed by atoms with Crippen molar-refractivity contribution in [1.29, 1.82) is 0 Å². The number of nitrogens with two attached hydrogens (primary N) is 2. The Labute approximate surface area is 135 Å². The first-order valence-electron chi connectivity index (χ1n) is 6.52. The summed E-state index contributed by atoms with van der Waals surface area (Å²) in [6.07, 6.45) is 4.37. The molecule has 0 unspecified atom stereocenters. The fourth-order valence-electron chi connectivity index (χ4n) is 1.66. The average molecular weight is 356 g/mol. The second-order valence-corrected chi connectivity index (χ2v) is 7.45. The summed E-state index contributed by atoms with van der Waals surface area (Å²) in [6.45, 7) is 1.03. The summed E-state index contributed by atoms with van der Waals surface area (Å²) in [5.41, 5.74) is 5.39. The normalized spacial score (nSPS) is 11.0. The second kappa shape index (κ2) is 10.1. The lowest BCUT2D eigenvalue weighted by Gasteiger charge is -2.03. The topological polar surface area (TPSA) is 115 Å². The van der Waals surface area contributed by atoms with Gasteiger partial charge in [-0.2, -0.15) is 0 Å². The third-order valence-electron chi connectivity index (χ3n) is 2.74. The van der Waals surface area contributed by atoms with Gasteiger partial charge in [0.2, 0.25) is 15.9 Å². The van der Waals surface area contributed by atoms with Gasteiger partial charge in [-0.25, -0.2) is 13.6 Å². The van der Waals surface area contributed by atoms with Gasteiger partial charge in [0.25, 0.3) is 0 Å². The first-order chi connectivity index (χ1) is 9.43. The highest BCUT2D eigenvalue weighted by atomic mass is 35.5. The number of sulfonamides is 1. The molecule has 21 heavy (non-hydrogen) atoms. The van der Waals surface area contributed by atoms with Crippen molar-refractivity contribution in [3.63, 3.8) is 0 Å². The molecule has 0 aliphatic rings. The van der Waals surface area contributed by atoms with Crippen LogP contribution >= 0.6 is 23.7 Å². The minimum Gasteiger partial charge on any atom is -0.351 e. The molecule has 0 aromatic carbocycles. The van der Waals surface area contributed by atoms with Gasteiger partial charge in [-0.3, -0.25) is 4.79 Å². The first-order valence-corrected chi connectivity index (χ1v) is 8.88. The number of carbonyl (C=O) groups is 1. The zero-order chi connectivity index (χ0) is 15.0. The summed E-state index contributed by atoms with van der Waals surface area (Å²) in [5.74, 6) is -0.0247. The molecule has 0 saturated heterocycles. The molecule has 122 valence electrons. The van der Waals surface area contributed by atoms with E-state index in [1.165, 1.54) is 6.07 Å². The van der Waals surface area contributed by atoms with E-state index in [4.69, 9.17) is 10.9 Å². The monoisotopic (exact) mass is 355 g/mol. The van der Waals surface area contributed by atoms with Crippen LogP contribution in [0.3, 0.4) is 0 Å². The van der Waals surface area contributed by atoms with Crippen molar-refractivity contribution >= 4 is 39.7 Å². The Kier molecular flexibility index (Phi) is 9.80. The van der Waals surface area contributed by atoms with Gasteiger partial charge in [0, 0.05) is 11.3 Å². The van der Waals surface area contributed by atoms with Crippen molar-refractivity contribution < 1.29 is 13.2 Å². The molecular formula is C12H22ClN3O3S2. The molecule has 0 atom stereocenters. The molecule has 0 saturated carbocycles. The number of halogens is 1. The van der Waals surface area contributed by atoms with Crippen LogP contribution in [0.4, 0.5) is 0 Å². The third-order valence-corrected chi connectivity index (χ3v) is 5.26. The number of hydrogen-bond donors (Lipinski definition) is 3. The molecule has 1 rings (SSSR count). The van der Waals surface area contributed by atoms with Crippen LogP contribution in [0.2, 0.25) is 0 Å². The number of carbonyl (C=O) groups excluding carboxylic acids is 1. The van der Waals surface area contributed by atoms with E-state index in [0.29, 0.717) is 19.5 Å². The molecule has 0 bridgehead atoms. The second-order valence-electron chi connectivity index (χ2n) is 4.50. The maximum Gasteiger partial charge on any atom is 0.247 e. The number of nitrogens with one attached hydrogen (secondary N) is 1. The van der Waals surface area contributed by atoms with Gasteiger partial charge in [-0.1, -0.05) is 12.8 Å². The zero-order valence-corrected chi connectivity index (χ0v) is 14.2. The molecule has 5 N–H and O–H groups in total. The molecule has 0 fully saturated rings. The summed E-state index contributed by atoms with van der Waals surface area (Å²) < 4.78 is 22.3. The Morgan fingerprint density at radius 1 is 1.19 bits per heavy atom. The van der Waals surface area contributed by atoms with Gasteiger partial charge in [0.1, 0.15) is 4.21 Å². The number of hydrogen-bond acceptors (Lipinski definition) is 5. The van der Waals surface area contributed by atoms with Crippen LogP contribution in [0.15, 0.2) is 16.3 Å². The van der Waals surface area contributed by atoms with Crippen LogP contribution in [0, 0.1) is 0 Å². The van der Waals surface area contributed by atoms with Crippen LogP contribution in [-0.2, 0) is 21.4 Å². The van der Waals surface area contributed by atoms with E-state index < -0.39 is 10.0 Å². The van der Waals surface area contributed by atoms with Crippen LogP contribution in [0.5, 0.6) is 0 Å². The Hall–Kier alpha value is -0.670. The lowest BCUT2D eigenvalue weighted by molar-refractivity contribution is -0.121. The van der Waals surface area contributed by atoms with E-state index in [1.54, 1.807) is 6.07 Å². The van der Waals surface area contributed by atoms with Gasteiger partial charge in [-0.15, -0.1) is 23.7 Å². The number of unbranched alkanes of at least 4 members (excludes halogenated alkanes) is 3.